The number of carbonyl (C=O) groups is 3. The van der Waals surface area contributed by atoms with Crippen molar-refractivity contribution in [2.75, 3.05) is 5.32 Å². The maximum absolute atomic E-state index is 13.1. The maximum atomic E-state index is 13.1. The van der Waals surface area contributed by atoms with E-state index in [9.17, 15) is 14.4 Å². The standard InChI is InChI=1S/C39H51N3O3/c1-9-20-38(8,21-10-2)42-37(45)30-14-12-29(13-15-30)36(44)40-32-17-19-34(26(5)23-32)33-18-16-31(22-25(33)4)39(11-3,41-28(7)43)35-24-27(35)6/h12-19,22-23,27,35H,9-11,20-21,24H2,1-8H3,(H,40,44)(H,41,43)(H,42,45). The van der Waals surface area contributed by atoms with E-state index < -0.39 is 0 Å². The Morgan fingerprint density at radius 1 is 0.778 bits per heavy atom. The molecule has 0 radical (unpaired) electrons. The van der Waals surface area contributed by atoms with Crippen LogP contribution in [0, 0.1) is 25.7 Å². The zero-order valence-electron chi connectivity index (χ0n) is 28.4. The first-order valence-electron chi connectivity index (χ1n) is 16.6. The van der Waals surface area contributed by atoms with E-state index in [1.165, 1.54) is 0 Å². The largest absolute Gasteiger partial charge is 0.347 e. The van der Waals surface area contributed by atoms with E-state index in [4.69, 9.17) is 0 Å². The summed E-state index contributed by atoms with van der Waals surface area (Å²) < 4.78 is 0. The molecule has 3 atom stereocenters. The average molecular weight is 610 g/mol. The summed E-state index contributed by atoms with van der Waals surface area (Å²) in [6.45, 7) is 16.5. The molecule has 1 aliphatic carbocycles. The molecule has 0 aliphatic heterocycles. The van der Waals surface area contributed by atoms with Crippen molar-refractivity contribution in [3.05, 3.63) is 88.5 Å². The molecule has 1 aliphatic rings. The fourth-order valence-corrected chi connectivity index (χ4v) is 7.22. The van der Waals surface area contributed by atoms with Crippen molar-refractivity contribution in [1.29, 1.82) is 0 Å². The summed E-state index contributed by atoms with van der Waals surface area (Å²) in [7, 11) is 0. The van der Waals surface area contributed by atoms with Crippen LogP contribution in [0.15, 0.2) is 60.7 Å². The van der Waals surface area contributed by atoms with Crippen LogP contribution in [-0.2, 0) is 10.3 Å². The lowest BCUT2D eigenvalue weighted by Gasteiger charge is -2.35. The van der Waals surface area contributed by atoms with Gasteiger partial charge in [0.05, 0.1) is 5.54 Å². The van der Waals surface area contributed by atoms with Crippen molar-refractivity contribution >= 4 is 23.4 Å². The van der Waals surface area contributed by atoms with Gasteiger partial charge in [0.1, 0.15) is 0 Å². The maximum Gasteiger partial charge on any atom is 0.255 e. The Balaban J connectivity index is 1.47. The lowest BCUT2D eigenvalue weighted by atomic mass is 9.79. The third-order valence-electron chi connectivity index (χ3n) is 9.64. The summed E-state index contributed by atoms with van der Waals surface area (Å²) >= 11 is 0. The third kappa shape index (κ3) is 7.66. The molecule has 3 N–H and O–H groups in total. The van der Waals surface area contributed by atoms with Gasteiger partial charge in [-0.25, -0.2) is 0 Å². The third-order valence-corrected chi connectivity index (χ3v) is 9.64. The van der Waals surface area contributed by atoms with Crippen molar-refractivity contribution < 1.29 is 14.4 Å². The van der Waals surface area contributed by atoms with Gasteiger partial charge in [-0.1, -0.05) is 64.8 Å². The highest BCUT2D eigenvalue weighted by Crippen LogP contribution is 2.52. The summed E-state index contributed by atoms with van der Waals surface area (Å²) in [5.41, 5.74) is 6.78. The van der Waals surface area contributed by atoms with Crippen LogP contribution in [0.4, 0.5) is 5.69 Å². The molecule has 3 amide bonds. The Morgan fingerprint density at radius 3 is 1.78 bits per heavy atom. The van der Waals surface area contributed by atoms with E-state index in [0.29, 0.717) is 28.7 Å². The fraction of sp³-hybridized carbons (Fsp3) is 0.462. The molecule has 0 saturated heterocycles. The Morgan fingerprint density at radius 2 is 1.31 bits per heavy atom. The number of rotatable bonds is 13. The van der Waals surface area contributed by atoms with Gasteiger partial charge in [0.15, 0.2) is 0 Å². The van der Waals surface area contributed by atoms with E-state index in [0.717, 1.165) is 66.3 Å². The lowest BCUT2D eigenvalue weighted by molar-refractivity contribution is -0.121. The number of hydrogen-bond donors (Lipinski definition) is 3. The highest BCUT2D eigenvalue weighted by Gasteiger charge is 2.51. The fourth-order valence-electron chi connectivity index (χ4n) is 7.22. The minimum atomic E-state index is -0.343. The summed E-state index contributed by atoms with van der Waals surface area (Å²) in [6.07, 6.45) is 5.82. The first kappa shape index (κ1) is 34.0. The van der Waals surface area contributed by atoms with Gasteiger partial charge in [-0.3, -0.25) is 14.4 Å². The minimum absolute atomic E-state index is 0.00460. The highest BCUT2D eigenvalue weighted by atomic mass is 16.2. The second kappa shape index (κ2) is 14.0. The number of carbonyl (C=O) groups excluding carboxylic acids is 3. The molecule has 6 heteroatoms. The number of aryl methyl sites for hydroxylation is 2. The van der Waals surface area contributed by atoms with Gasteiger partial charge in [-0.15, -0.1) is 0 Å². The van der Waals surface area contributed by atoms with Crippen molar-refractivity contribution in [3.63, 3.8) is 0 Å². The van der Waals surface area contributed by atoms with Crippen LogP contribution in [0.1, 0.15) is 117 Å². The number of hydrogen-bond acceptors (Lipinski definition) is 3. The monoisotopic (exact) mass is 609 g/mol. The van der Waals surface area contributed by atoms with Gasteiger partial charge >= 0.3 is 0 Å². The molecule has 45 heavy (non-hydrogen) atoms. The Kier molecular flexibility index (Phi) is 10.6. The van der Waals surface area contributed by atoms with E-state index in [-0.39, 0.29) is 28.8 Å². The molecule has 240 valence electrons. The van der Waals surface area contributed by atoms with Gasteiger partial charge in [0.25, 0.3) is 11.8 Å². The van der Waals surface area contributed by atoms with Crippen LogP contribution in [0.25, 0.3) is 11.1 Å². The van der Waals surface area contributed by atoms with E-state index >= 15 is 0 Å². The van der Waals surface area contributed by atoms with Gasteiger partial charge in [0.2, 0.25) is 5.91 Å². The van der Waals surface area contributed by atoms with Crippen molar-refractivity contribution in [2.45, 2.75) is 105 Å². The number of anilines is 1. The molecule has 1 fully saturated rings. The molecule has 0 spiro atoms. The second-order valence-electron chi connectivity index (χ2n) is 13.4. The van der Waals surface area contributed by atoms with Crippen LogP contribution in [0.3, 0.4) is 0 Å². The smallest absolute Gasteiger partial charge is 0.255 e. The summed E-state index contributed by atoms with van der Waals surface area (Å²) in [5, 5.41) is 9.53. The zero-order valence-corrected chi connectivity index (χ0v) is 28.4. The van der Waals surface area contributed by atoms with Gasteiger partial charge in [0, 0.05) is 29.3 Å². The molecule has 4 rings (SSSR count). The topological polar surface area (TPSA) is 87.3 Å². The predicted molar refractivity (Wildman–Crippen MR) is 184 cm³/mol. The van der Waals surface area contributed by atoms with E-state index in [1.807, 2.05) is 18.2 Å². The predicted octanol–water partition coefficient (Wildman–Crippen LogP) is 8.71. The molecular formula is C39H51N3O3. The average Bonchev–Trinajstić information content (AvgIpc) is 3.73. The van der Waals surface area contributed by atoms with Crippen molar-refractivity contribution in [3.8, 4) is 11.1 Å². The number of amides is 3. The zero-order chi connectivity index (χ0) is 32.9. The normalized spacial score (nSPS) is 17.2. The molecule has 3 aromatic rings. The SMILES string of the molecule is CCCC(C)(CCC)NC(=O)c1ccc(C(=O)Nc2ccc(-c3ccc(C(CC)(NC(C)=O)C4CC4C)cc3C)c(C)c2)cc1. The summed E-state index contributed by atoms with van der Waals surface area (Å²) in [6, 6.07) is 19.4. The number of benzene rings is 3. The van der Waals surface area contributed by atoms with Gasteiger partial charge in [-0.05, 0) is 123 Å². The van der Waals surface area contributed by atoms with Crippen molar-refractivity contribution in [1.82, 2.24) is 10.6 Å². The first-order chi connectivity index (χ1) is 21.4. The van der Waals surface area contributed by atoms with E-state index in [2.05, 4.69) is 82.6 Å². The van der Waals surface area contributed by atoms with Crippen LogP contribution in [0.5, 0.6) is 0 Å². The summed E-state index contributed by atoms with van der Waals surface area (Å²) in [4.78, 5) is 38.2. The van der Waals surface area contributed by atoms with Crippen molar-refractivity contribution in [2.24, 2.45) is 11.8 Å². The quantitative estimate of drug-likeness (QED) is 0.181. The second-order valence-corrected chi connectivity index (χ2v) is 13.4. The Labute approximate surface area is 269 Å². The Bertz CT molecular complexity index is 1540. The van der Waals surface area contributed by atoms with Gasteiger partial charge in [-0.2, -0.15) is 0 Å². The lowest BCUT2D eigenvalue weighted by Crippen LogP contribution is -2.47. The first-order valence-corrected chi connectivity index (χ1v) is 16.6. The van der Waals surface area contributed by atoms with Gasteiger partial charge < -0.3 is 16.0 Å². The molecule has 3 aromatic carbocycles. The molecule has 0 aromatic heterocycles. The molecule has 1 saturated carbocycles. The number of nitrogens with one attached hydrogen (secondary N) is 3. The molecule has 3 unspecified atom stereocenters. The van der Waals surface area contributed by atoms with Crippen LogP contribution < -0.4 is 16.0 Å². The van der Waals surface area contributed by atoms with Crippen LogP contribution in [0.2, 0.25) is 0 Å². The van der Waals surface area contributed by atoms with Crippen LogP contribution >= 0.6 is 0 Å². The highest BCUT2D eigenvalue weighted by molar-refractivity contribution is 6.05. The molecule has 6 nitrogen and oxygen atoms in total. The molecule has 0 heterocycles. The molecule has 0 bridgehead atoms. The Hall–Kier alpha value is -3.93. The summed E-state index contributed by atoms with van der Waals surface area (Å²) in [5.74, 6) is 0.710. The van der Waals surface area contributed by atoms with E-state index in [1.54, 1.807) is 31.2 Å². The minimum Gasteiger partial charge on any atom is -0.347 e. The van der Waals surface area contributed by atoms with Crippen LogP contribution in [-0.4, -0.2) is 23.3 Å². The molecular weight excluding hydrogens is 558 g/mol.